The van der Waals surface area contributed by atoms with Crippen LogP contribution >= 0.6 is 0 Å². The summed E-state index contributed by atoms with van der Waals surface area (Å²) in [5.41, 5.74) is 0. The molecular formula is C8H8N2. The lowest BCUT2D eigenvalue weighted by Crippen LogP contribution is -1.66. The van der Waals surface area contributed by atoms with Crippen molar-refractivity contribution >= 4 is 0 Å². The highest BCUT2D eigenvalue weighted by Crippen LogP contribution is 1.74. The van der Waals surface area contributed by atoms with Crippen LogP contribution in [0.2, 0.25) is 0 Å². The Bertz CT molecular complexity index is 146. The summed E-state index contributed by atoms with van der Waals surface area (Å²) in [4.78, 5) is 0. The molecular weight excluding hydrogens is 124 g/mol. The van der Waals surface area contributed by atoms with Crippen LogP contribution in [-0.4, -0.2) is 10.2 Å². The first kappa shape index (κ1) is 6.68. The highest BCUT2D eigenvalue weighted by atomic mass is 15.1. The van der Waals surface area contributed by atoms with E-state index in [2.05, 4.69) is 10.2 Å². The maximum Gasteiger partial charge on any atom is 0.0495 e. The molecule has 10 heavy (non-hydrogen) atoms. The topological polar surface area (TPSA) is 25.8 Å². The molecule has 2 nitrogen and oxygen atoms in total. The normalized spacial score (nSPS) is 8.00. The van der Waals surface area contributed by atoms with E-state index in [1.54, 1.807) is 12.4 Å². The second-order valence-corrected chi connectivity index (χ2v) is 1.68. The average Bonchev–Trinajstić information content (AvgIpc) is 2.01. The first-order valence-corrected chi connectivity index (χ1v) is 3.05. The van der Waals surface area contributed by atoms with Crippen LogP contribution in [0.5, 0.6) is 0 Å². The number of hydrogen-bond acceptors (Lipinski definition) is 2. The van der Waals surface area contributed by atoms with Crippen LogP contribution in [-0.2, 0) is 0 Å². The number of nitrogens with zero attached hydrogens (tertiary/aromatic N) is 2. The molecule has 0 fully saturated rings. The summed E-state index contributed by atoms with van der Waals surface area (Å²) in [6.07, 6.45) is 3.28. The average molecular weight is 132 g/mol. The lowest BCUT2D eigenvalue weighted by Gasteiger charge is -1.69. The molecule has 0 unspecified atom stereocenters. The number of aromatic nitrogens is 2. The second kappa shape index (κ2) is 4.44. The molecule has 2 heteroatoms. The zero-order valence-corrected chi connectivity index (χ0v) is 5.51. The van der Waals surface area contributed by atoms with Gasteiger partial charge in [0.05, 0.1) is 0 Å². The molecule has 0 saturated carbocycles. The van der Waals surface area contributed by atoms with Crippen molar-refractivity contribution in [1.29, 1.82) is 0 Å². The van der Waals surface area contributed by atoms with Crippen molar-refractivity contribution in [2.24, 2.45) is 0 Å². The molecule has 0 aliphatic rings. The van der Waals surface area contributed by atoms with E-state index in [0.29, 0.717) is 0 Å². The minimum atomic E-state index is 1.64. The Morgan fingerprint density at radius 2 is 0.900 bits per heavy atom. The van der Waals surface area contributed by atoms with Gasteiger partial charge in [0.15, 0.2) is 0 Å². The van der Waals surface area contributed by atoms with E-state index in [0.717, 1.165) is 0 Å². The van der Waals surface area contributed by atoms with Gasteiger partial charge in [-0.2, -0.15) is 10.2 Å². The molecule has 0 saturated heterocycles. The van der Waals surface area contributed by atoms with Gasteiger partial charge in [0.2, 0.25) is 0 Å². The third-order valence-corrected chi connectivity index (χ3v) is 0.928. The predicted molar refractivity (Wildman–Crippen MR) is 39.7 cm³/mol. The lowest BCUT2D eigenvalue weighted by atomic mass is 10.5. The Morgan fingerprint density at radius 3 is 1.40 bits per heavy atom. The Balaban J connectivity index is 3.00. The maximum atomic E-state index is 3.70. The van der Waals surface area contributed by atoms with E-state index in [1.165, 1.54) is 0 Å². The zero-order valence-electron chi connectivity index (χ0n) is 5.51. The third-order valence-electron chi connectivity index (χ3n) is 0.928. The van der Waals surface area contributed by atoms with E-state index in [9.17, 15) is 0 Å². The van der Waals surface area contributed by atoms with Gasteiger partial charge in [-0.3, -0.25) is 0 Å². The Hall–Kier alpha value is -1.44. The SMILES string of the molecule is c1ccccnnccc1. The molecule has 1 heterocycles. The highest BCUT2D eigenvalue weighted by molar-refractivity contribution is 4.91. The fourth-order valence-corrected chi connectivity index (χ4v) is 0.510. The van der Waals surface area contributed by atoms with Gasteiger partial charge in [-0.15, -0.1) is 0 Å². The van der Waals surface area contributed by atoms with Crippen LogP contribution in [0.4, 0.5) is 0 Å². The van der Waals surface area contributed by atoms with Gasteiger partial charge in [-0.05, 0) is 12.1 Å². The molecule has 50 valence electrons. The lowest BCUT2D eigenvalue weighted by molar-refractivity contribution is 1.05. The van der Waals surface area contributed by atoms with Crippen LogP contribution in [0.3, 0.4) is 0 Å². The van der Waals surface area contributed by atoms with Crippen molar-refractivity contribution in [3.05, 3.63) is 48.8 Å². The van der Waals surface area contributed by atoms with Crippen molar-refractivity contribution in [2.45, 2.75) is 0 Å². The zero-order chi connectivity index (χ0) is 7.07. The molecule has 0 bridgehead atoms. The minimum Gasteiger partial charge on any atom is -0.159 e. The number of hydrogen-bond donors (Lipinski definition) is 0. The van der Waals surface area contributed by atoms with E-state index in [-0.39, 0.29) is 0 Å². The maximum absolute atomic E-state index is 3.70. The van der Waals surface area contributed by atoms with E-state index < -0.39 is 0 Å². The standard InChI is InChI=1S/C8H8N2/c1-2-4-6-8-10-9-7-5-3-1/h1-8H. The van der Waals surface area contributed by atoms with Gasteiger partial charge >= 0.3 is 0 Å². The van der Waals surface area contributed by atoms with Gasteiger partial charge in [-0.1, -0.05) is 24.3 Å². The van der Waals surface area contributed by atoms with Gasteiger partial charge in [0.25, 0.3) is 0 Å². The molecule has 0 N–H and O–H groups in total. The fraction of sp³-hybridized carbons (Fsp3) is 0. The third kappa shape index (κ3) is 2.77. The molecule has 0 amide bonds. The molecule has 1 aromatic rings. The molecule has 0 aliphatic carbocycles. The fourth-order valence-electron chi connectivity index (χ4n) is 0.510. The Labute approximate surface area is 59.9 Å². The van der Waals surface area contributed by atoms with Crippen LogP contribution in [0, 0.1) is 0 Å². The summed E-state index contributed by atoms with van der Waals surface area (Å²) in [7, 11) is 0. The first-order chi connectivity index (χ1) is 5.00. The summed E-state index contributed by atoms with van der Waals surface area (Å²) < 4.78 is 0. The summed E-state index contributed by atoms with van der Waals surface area (Å²) in [6, 6.07) is 11.3. The van der Waals surface area contributed by atoms with Gasteiger partial charge < -0.3 is 0 Å². The van der Waals surface area contributed by atoms with Gasteiger partial charge in [-0.25, -0.2) is 0 Å². The minimum absolute atomic E-state index is 1.64. The summed E-state index contributed by atoms with van der Waals surface area (Å²) in [5, 5.41) is 7.41. The van der Waals surface area contributed by atoms with Crippen LogP contribution in [0.1, 0.15) is 0 Å². The highest BCUT2D eigenvalue weighted by Gasteiger charge is 1.59. The summed E-state index contributed by atoms with van der Waals surface area (Å²) in [6.45, 7) is 0. The van der Waals surface area contributed by atoms with Crippen LogP contribution in [0.25, 0.3) is 0 Å². The second-order valence-electron chi connectivity index (χ2n) is 1.68. The Kier molecular flexibility index (Phi) is 2.96. The summed E-state index contributed by atoms with van der Waals surface area (Å²) >= 11 is 0. The van der Waals surface area contributed by atoms with Crippen molar-refractivity contribution in [3.8, 4) is 0 Å². The van der Waals surface area contributed by atoms with Gasteiger partial charge in [0.1, 0.15) is 0 Å². The molecule has 1 rings (SSSR count). The molecule has 0 radical (unpaired) electrons. The van der Waals surface area contributed by atoms with E-state index in [1.807, 2.05) is 36.4 Å². The summed E-state index contributed by atoms with van der Waals surface area (Å²) in [5.74, 6) is 0. The van der Waals surface area contributed by atoms with Crippen molar-refractivity contribution in [2.75, 3.05) is 0 Å². The van der Waals surface area contributed by atoms with Gasteiger partial charge in [0, 0.05) is 12.4 Å². The molecule has 0 aromatic carbocycles. The van der Waals surface area contributed by atoms with Crippen molar-refractivity contribution in [3.63, 3.8) is 0 Å². The smallest absolute Gasteiger partial charge is 0.0495 e. The van der Waals surface area contributed by atoms with Crippen molar-refractivity contribution in [1.82, 2.24) is 10.2 Å². The molecule has 0 atom stereocenters. The quantitative estimate of drug-likeness (QED) is 0.535. The predicted octanol–water partition coefficient (Wildman–Crippen LogP) is 1.60. The van der Waals surface area contributed by atoms with Crippen LogP contribution < -0.4 is 0 Å². The number of rotatable bonds is 0. The van der Waals surface area contributed by atoms with E-state index in [4.69, 9.17) is 0 Å². The van der Waals surface area contributed by atoms with Crippen LogP contribution in [0.15, 0.2) is 48.8 Å². The van der Waals surface area contributed by atoms with E-state index >= 15 is 0 Å². The molecule has 0 spiro atoms. The monoisotopic (exact) mass is 132 g/mol. The largest absolute Gasteiger partial charge is 0.159 e. The molecule has 0 aliphatic heterocycles. The molecule has 1 aromatic heterocycles. The first-order valence-electron chi connectivity index (χ1n) is 3.05. The Morgan fingerprint density at radius 1 is 0.500 bits per heavy atom. The van der Waals surface area contributed by atoms with Crippen molar-refractivity contribution < 1.29 is 0 Å².